The SMILES string of the molecule is CN(CC(=O)N1CCC(C(=O)N2CCCC2)CC1)Cc1cccc(C#N)c1. The molecule has 2 aliphatic rings. The summed E-state index contributed by atoms with van der Waals surface area (Å²) in [7, 11) is 1.92. The molecule has 2 amide bonds. The van der Waals surface area contributed by atoms with Gasteiger partial charge in [0.05, 0.1) is 18.2 Å². The number of carbonyl (C=O) groups is 2. The van der Waals surface area contributed by atoms with Gasteiger partial charge >= 0.3 is 0 Å². The smallest absolute Gasteiger partial charge is 0.236 e. The average molecular weight is 368 g/mol. The fourth-order valence-corrected chi connectivity index (χ4v) is 4.01. The van der Waals surface area contributed by atoms with Crippen molar-refractivity contribution in [2.24, 2.45) is 5.92 Å². The average Bonchev–Trinajstić information content (AvgIpc) is 3.22. The van der Waals surface area contributed by atoms with Crippen molar-refractivity contribution in [3.05, 3.63) is 35.4 Å². The minimum atomic E-state index is 0.0820. The standard InChI is InChI=1S/C21H28N4O2/c1-23(15-18-6-4-5-17(13-18)14-22)16-20(26)24-11-7-19(8-12-24)21(27)25-9-2-3-10-25/h4-6,13,19H,2-3,7-12,15-16H2,1H3. The van der Waals surface area contributed by atoms with E-state index in [9.17, 15) is 9.59 Å². The van der Waals surface area contributed by atoms with Crippen molar-refractivity contribution >= 4 is 11.8 Å². The molecule has 1 aromatic rings. The first-order valence-corrected chi connectivity index (χ1v) is 9.81. The van der Waals surface area contributed by atoms with E-state index >= 15 is 0 Å². The van der Waals surface area contributed by atoms with E-state index in [1.807, 2.05) is 39.9 Å². The number of benzene rings is 1. The quantitative estimate of drug-likeness (QED) is 0.795. The van der Waals surface area contributed by atoms with E-state index in [0.717, 1.165) is 44.3 Å². The third-order valence-electron chi connectivity index (χ3n) is 5.53. The molecule has 144 valence electrons. The minimum absolute atomic E-state index is 0.0820. The topological polar surface area (TPSA) is 67.7 Å². The van der Waals surface area contributed by atoms with Crippen molar-refractivity contribution in [1.82, 2.24) is 14.7 Å². The zero-order valence-corrected chi connectivity index (χ0v) is 16.1. The highest BCUT2D eigenvalue weighted by Gasteiger charge is 2.31. The molecule has 0 aliphatic carbocycles. The Morgan fingerprint density at radius 2 is 1.85 bits per heavy atom. The molecular weight excluding hydrogens is 340 g/mol. The Morgan fingerprint density at radius 3 is 2.52 bits per heavy atom. The molecule has 6 nitrogen and oxygen atoms in total. The first-order chi connectivity index (χ1) is 13.1. The third-order valence-corrected chi connectivity index (χ3v) is 5.53. The van der Waals surface area contributed by atoms with Gasteiger partial charge in [0.15, 0.2) is 0 Å². The van der Waals surface area contributed by atoms with Gasteiger partial charge in [0.1, 0.15) is 0 Å². The highest BCUT2D eigenvalue weighted by atomic mass is 16.2. The van der Waals surface area contributed by atoms with Gasteiger partial charge in [-0.2, -0.15) is 5.26 Å². The van der Waals surface area contributed by atoms with Crippen molar-refractivity contribution in [2.75, 3.05) is 39.8 Å². The number of carbonyl (C=O) groups excluding carboxylic acids is 2. The summed E-state index contributed by atoms with van der Waals surface area (Å²) in [6.45, 7) is 4.11. The van der Waals surface area contributed by atoms with E-state index in [1.54, 1.807) is 6.07 Å². The molecule has 0 aromatic heterocycles. The summed E-state index contributed by atoms with van der Waals surface area (Å²) in [5.41, 5.74) is 1.66. The van der Waals surface area contributed by atoms with Gasteiger partial charge in [-0.25, -0.2) is 0 Å². The Kier molecular flexibility index (Phi) is 6.46. The number of piperidine rings is 1. The van der Waals surface area contributed by atoms with Crippen molar-refractivity contribution in [1.29, 1.82) is 5.26 Å². The van der Waals surface area contributed by atoms with Gasteiger partial charge in [-0.15, -0.1) is 0 Å². The summed E-state index contributed by atoms with van der Waals surface area (Å²) >= 11 is 0. The number of amides is 2. The van der Waals surface area contributed by atoms with E-state index in [4.69, 9.17) is 5.26 Å². The number of hydrogen-bond acceptors (Lipinski definition) is 4. The molecule has 0 unspecified atom stereocenters. The maximum atomic E-state index is 12.6. The summed E-state index contributed by atoms with van der Waals surface area (Å²) in [5.74, 6) is 0.480. The maximum Gasteiger partial charge on any atom is 0.236 e. The fourth-order valence-electron chi connectivity index (χ4n) is 4.01. The number of nitriles is 1. The van der Waals surface area contributed by atoms with Crippen LogP contribution in [0.3, 0.4) is 0 Å². The lowest BCUT2D eigenvalue weighted by Crippen LogP contribution is -2.46. The Hall–Kier alpha value is -2.39. The van der Waals surface area contributed by atoms with Gasteiger partial charge in [0, 0.05) is 38.6 Å². The van der Waals surface area contributed by atoms with Gasteiger partial charge < -0.3 is 9.80 Å². The molecule has 2 aliphatic heterocycles. The van der Waals surface area contributed by atoms with Crippen LogP contribution in [0.25, 0.3) is 0 Å². The lowest BCUT2D eigenvalue weighted by Gasteiger charge is -2.34. The van der Waals surface area contributed by atoms with Crippen LogP contribution in [0.1, 0.15) is 36.8 Å². The van der Waals surface area contributed by atoms with Crippen LogP contribution in [0, 0.1) is 17.2 Å². The predicted octanol–water partition coefficient (Wildman–Crippen LogP) is 1.85. The molecule has 0 spiro atoms. The van der Waals surface area contributed by atoms with E-state index in [1.165, 1.54) is 0 Å². The summed E-state index contributed by atoms with van der Waals surface area (Å²) in [6, 6.07) is 9.62. The molecule has 0 atom stereocenters. The zero-order chi connectivity index (χ0) is 19.2. The second kappa shape index (κ2) is 9.01. The molecule has 2 saturated heterocycles. The number of rotatable bonds is 5. The molecule has 27 heavy (non-hydrogen) atoms. The molecular formula is C21H28N4O2. The van der Waals surface area contributed by atoms with Gasteiger partial charge in [-0.1, -0.05) is 12.1 Å². The molecule has 1 aromatic carbocycles. The highest BCUT2D eigenvalue weighted by Crippen LogP contribution is 2.22. The maximum absolute atomic E-state index is 12.6. The molecule has 3 rings (SSSR count). The number of likely N-dealkylation sites (tertiary alicyclic amines) is 2. The lowest BCUT2D eigenvalue weighted by atomic mass is 9.95. The van der Waals surface area contributed by atoms with Crippen LogP contribution < -0.4 is 0 Å². The van der Waals surface area contributed by atoms with E-state index in [-0.39, 0.29) is 17.7 Å². The van der Waals surface area contributed by atoms with E-state index in [0.29, 0.717) is 31.7 Å². The lowest BCUT2D eigenvalue weighted by molar-refractivity contribution is -0.140. The van der Waals surface area contributed by atoms with E-state index < -0.39 is 0 Å². The monoisotopic (exact) mass is 368 g/mol. The van der Waals surface area contributed by atoms with Gasteiger partial charge in [0.25, 0.3) is 0 Å². The molecule has 2 fully saturated rings. The number of nitrogens with zero attached hydrogens (tertiary/aromatic N) is 4. The highest BCUT2D eigenvalue weighted by molar-refractivity contribution is 5.81. The molecule has 0 saturated carbocycles. The Bertz CT molecular complexity index is 713. The second-order valence-electron chi connectivity index (χ2n) is 7.67. The third kappa shape index (κ3) is 5.08. The molecule has 2 heterocycles. The minimum Gasteiger partial charge on any atom is -0.342 e. The molecule has 0 N–H and O–H groups in total. The van der Waals surface area contributed by atoms with Crippen molar-refractivity contribution in [2.45, 2.75) is 32.2 Å². The van der Waals surface area contributed by atoms with Gasteiger partial charge in [-0.3, -0.25) is 14.5 Å². The molecule has 6 heteroatoms. The zero-order valence-electron chi connectivity index (χ0n) is 16.1. The van der Waals surface area contributed by atoms with E-state index in [2.05, 4.69) is 6.07 Å². The summed E-state index contributed by atoms with van der Waals surface area (Å²) in [5, 5.41) is 8.99. The van der Waals surface area contributed by atoms with Crippen LogP contribution >= 0.6 is 0 Å². The van der Waals surface area contributed by atoms with Crippen LogP contribution in [0.2, 0.25) is 0 Å². The van der Waals surface area contributed by atoms with Crippen LogP contribution in [0.15, 0.2) is 24.3 Å². The van der Waals surface area contributed by atoms with Crippen molar-refractivity contribution in [3.8, 4) is 6.07 Å². The van der Waals surface area contributed by atoms with Crippen molar-refractivity contribution in [3.63, 3.8) is 0 Å². The Morgan fingerprint density at radius 1 is 1.15 bits per heavy atom. The van der Waals surface area contributed by atoms with Gasteiger partial charge in [-0.05, 0) is 50.4 Å². The Balaban J connectivity index is 1.44. The fraction of sp³-hybridized carbons (Fsp3) is 0.571. The summed E-state index contributed by atoms with van der Waals surface area (Å²) in [4.78, 5) is 30.9. The normalized spacial score (nSPS) is 18.0. The van der Waals surface area contributed by atoms with Gasteiger partial charge in [0.2, 0.25) is 11.8 Å². The largest absolute Gasteiger partial charge is 0.342 e. The first-order valence-electron chi connectivity index (χ1n) is 9.81. The summed E-state index contributed by atoms with van der Waals surface area (Å²) < 4.78 is 0. The molecule has 0 bridgehead atoms. The van der Waals surface area contributed by atoms with Crippen LogP contribution in [0.4, 0.5) is 0 Å². The first kappa shape index (κ1) is 19.4. The van der Waals surface area contributed by atoms with Crippen LogP contribution in [-0.2, 0) is 16.1 Å². The molecule has 0 radical (unpaired) electrons. The number of likely N-dealkylation sites (N-methyl/N-ethyl adjacent to an activating group) is 1. The van der Waals surface area contributed by atoms with Crippen LogP contribution in [-0.4, -0.2) is 66.3 Å². The number of hydrogen-bond donors (Lipinski definition) is 0. The predicted molar refractivity (Wildman–Crippen MR) is 103 cm³/mol. The Labute approximate surface area is 161 Å². The summed E-state index contributed by atoms with van der Waals surface area (Å²) in [6.07, 6.45) is 3.78. The van der Waals surface area contributed by atoms with Crippen molar-refractivity contribution < 1.29 is 9.59 Å². The second-order valence-corrected chi connectivity index (χ2v) is 7.67. The van der Waals surface area contributed by atoms with Crippen LogP contribution in [0.5, 0.6) is 0 Å².